The minimum atomic E-state index is -0.512. The number of rotatable bonds is 4. The Morgan fingerprint density at radius 3 is 2.61 bits per heavy atom. The van der Waals surface area contributed by atoms with Gasteiger partial charge in [0.2, 0.25) is 5.88 Å². The van der Waals surface area contributed by atoms with Gasteiger partial charge in [-0.3, -0.25) is 0 Å². The number of pyridine rings is 2. The standard InChI is InChI=1S/C16H14N4O3/c1-22-15-7-6-11(10-18-15)13-9-12(16(21)23-2)19-20(13)14-5-3-4-8-17-14/h3-10H,1-2H3. The van der Waals surface area contributed by atoms with Crippen molar-refractivity contribution < 1.29 is 14.3 Å². The monoisotopic (exact) mass is 310 g/mol. The molecular formula is C16H14N4O3. The van der Waals surface area contributed by atoms with Crippen LogP contribution in [0.25, 0.3) is 17.1 Å². The lowest BCUT2D eigenvalue weighted by atomic mass is 10.2. The molecule has 0 amide bonds. The summed E-state index contributed by atoms with van der Waals surface area (Å²) in [4.78, 5) is 20.2. The Morgan fingerprint density at radius 1 is 1.13 bits per heavy atom. The third kappa shape index (κ3) is 2.89. The van der Waals surface area contributed by atoms with Crippen LogP contribution >= 0.6 is 0 Å². The lowest BCUT2D eigenvalue weighted by molar-refractivity contribution is 0.0593. The van der Waals surface area contributed by atoms with Gasteiger partial charge in [-0.05, 0) is 24.3 Å². The molecule has 0 aliphatic carbocycles. The summed E-state index contributed by atoms with van der Waals surface area (Å²) >= 11 is 0. The number of aromatic nitrogens is 4. The van der Waals surface area contributed by atoms with Crippen molar-refractivity contribution in [1.82, 2.24) is 19.7 Å². The zero-order chi connectivity index (χ0) is 16.2. The second kappa shape index (κ2) is 6.27. The number of ether oxygens (including phenoxy) is 2. The summed E-state index contributed by atoms with van der Waals surface area (Å²) in [6.45, 7) is 0. The molecule has 0 atom stereocenters. The third-order valence-electron chi connectivity index (χ3n) is 3.21. The maximum atomic E-state index is 11.8. The summed E-state index contributed by atoms with van der Waals surface area (Å²) in [7, 11) is 2.87. The molecule has 0 aromatic carbocycles. The highest BCUT2D eigenvalue weighted by Crippen LogP contribution is 2.24. The Labute approximate surface area is 132 Å². The quantitative estimate of drug-likeness (QED) is 0.687. The van der Waals surface area contributed by atoms with Crippen LogP contribution in [-0.4, -0.2) is 39.9 Å². The Morgan fingerprint density at radius 2 is 2.00 bits per heavy atom. The van der Waals surface area contributed by atoms with Crippen LogP contribution in [0.3, 0.4) is 0 Å². The van der Waals surface area contributed by atoms with Crippen molar-refractivity contribution in [2.24, 2.45) is 0 Å². The van der Waals surface area contributed by atoms with Crippen LogP contribution in [0.2, 0.25) is 0 Å². The average Bonchev–Trinajstić information content (AvgIpc) is 3.07. The van der Waals surface area contributed by atoms with E-state index in [0.29, 0.717) is 17.4 Å². The van der Waals surface area contributed by atoms with Gasteiger partial charge in [0.1, 0.15) is 0 Å². The Hall–Kier alpha value is -3.22. The zero-order valence-electron chi connectivity index (χ0n) is 12.6. The van der Waals surface area contributed by atoms with E-state index < -0.39 is 5.97 Å². The van der Waals surface area contributed by atoms with Crippen molar-refractivity contribution in [2.45, 2.75) is 0 Å². The van der Waals surface area contributed by atoms with Gasteiger partial charge in [0.25, 0.3) is 0 Å². The first-order valence-corrected chi connectivity index (χ1v) is 6.83. The van der Waals surface area contributed by atoms with Crippen LogP contribution in [0.15, 0.2) is 48.8 Å². The first kappa shape index (κ1) is 14.7. The maximum absolute atomic E-state index is 11.8. The molecule has 7 heteroatoms. The van der Waals surface area contributed by atoms with E-state index in [1.54, 1.807) is 42.4 Å². The highest BCUT2D eigenvalue weighted by molar-refractivity contribution is 5.88. The predicted molar refractivity (Wildman–Crippen MR) is 82.5 cm³/mol. The number of hydrogen-bond acceptors (Lipinski definition) is 6. The number of methoxy groups -OCH3 is 2. The van der Waals surface area contributed by atoms with Gasteiger partial charge in [0, 0.05) is 24.0 Å². The van der Waals surface area contributed by atoms with Crippen molar-refractivity contribution in [3.8, 4) is 23.0 Å². The highest BCUT2D eigenvalue weighted by Gasteiger charge is 2.17. The van der Waals surface area contributed by atoms with Gasteiger partial charge in [0.15, 0.2) is 11.5 Å². The smallest absolute Gasteiger partial charge is 0.358 e. The van der Waals surface area contributed by atoms with E-state index in [1.807, 2.05) is 18.2 Å². The molecule has 0 saturated carbocycles. The average molecular weight is 310 g/mol. The number of carbonyl (C=O) groups is 1. The topological polar surface area (TPSA) is 79.1 Å². The molecule has 0 aliphatic rings. The van der Waals surface area contributed by atoms with E-state index in [9.17, 15) is 4.79 Å². The van der Waals surface area contributed by atoms with Gasteiger partial charge in [-0.25, -0.2) is 19.4 Å². The van der Waals surface area contributed by atoms with E-state index in [1.165, 1.54) is 7.11 Å². The normalized spacial score (nSPS) is 10.3. The zero-order valence-corrected chi connectivity index (χ0v) is 12.6. The lowest BCUT2D eigenvalue weighted by Crippen LogP contribution is -2.05. The second-order valence-electron chi connectivity index (χ2n) is 4.60. The first-order chi connectivity index (χ1) is 11.2. The van der Waals surface area contributed by atoms with Gasteiger partial charge in [0.05, 0.1) is 19.9 Å². The van der Waals surface area contributed by atoms with Crippen molar-refractivity contribution in [3.63, 3.8) is 0 Å². The van der Waals surface area contributed by atoms with Crippen molar-refractivity contribution in [2.75, 3.05) is 14.2 Å². The molecule has 0 bridgehead atoms. The molecule has 0 spiro atoms. The Kier molecular flexibility index (Phi) is 4.01. The van der Waals surface area contributed by atoms with E-state index in [0.717, 1.165) is 5.56 Å². The Balaban J connectivity index is 2.13. The molecule has 0 saturated heterocycles. The van der Waals surface area contributed by atoms with E-state index in [4.69, 9.17) is 9.47 Å². The molecule has 0 radical (unpaired) electrons. The minimum Gasteiger partial charge on any atom is -0.481 e. The summed E-state index contributed by atoms with van der Waals surface area (Å²) in [5, 5.41) is 4.29. The van der Waals surface area contributed by atoms with E-state index in [2.05, 4.69) is 15.1 Å². The van der Waals surface area contributed by atoms with Crippen molar-refractivity contribution >= 4 is 5.97 Å². The molecule has 23 heavy (non-hydrogen) atoms. The summed E-state index contributed by atoms with van der Waals surface area (Å²) < 4.78 is 11.4. The van der Waals surface area contributed by atoms with Crippen LogP contribution in [0.5, 0.6) is 5.88 Å². The van der Waals surface area contributed by atoms with E-state index >= 15 is 0 Å². The van der Waals surface area contributed by atoms with E-state index in [-0.39, 0.29) is 5.69 Å². The second-order valence-corrected chi connectivity index (χ2v) is 4.60. The number of esters is 1. The molecule has 0 fully saturated rings. The minimum absolute atomic E-state index is 0.198. The fourth-order valence-corrected chi connectivity index (χ4v) is 2.10. The molecule has 116 valence electrons. The first-order valence-electron chi connectivity index (χ1n) is 6.83. The number of carbonyl (C=O) groups excluding carboxylic acids is 1. The molecule has 3 rings (SSSR count). The van der Waals surface area contributed by atoms with Crippen LogP contribution in [0.4, 0.5) is 0 Å². The predicted octanol–water partition coefficient (Wildman–Crippen LogP) is 2.12. The van der Waals surface area contributed by atoms with Crippen LogP contribution < -0.4 is 4.74 Å². The van der Waals surface area contributed by atoms with Gasteiger partial charge < -0.3 is 9.47 Å². The fraction of sp³-hybridized carbons (Fsp3) is 0.125. The molecule has 3 heterocycles. The molecule has 3 aromatic heterocycles. The largest absolute Gasteiger partial charge is 0.481 e. The summed E-state index contributed by atoms with van der Waals surface area (Å²) in [6, 6.07) is 10.7. The SMILES string of the molecule is COC(=O)c1cc(-c2ccc(OC)nc2)n(-c2ccccn2)n1. The van der Waals surface area contributed by atoms with Gasteiger partial charge in [-0.15, -0.1) is 0 Å². The fourth-order valence-electron chi connectivity index (χ4n) is 2.10. The van der Waals surface area contributed by atoms with Gasteiger partial charge >= 0.3 is 5.97 Å². The molecule has 0 N–H and O–H groups in total. The van der Waals surface area contributed by atoms with Crippen LogP contribution in [0.1, 0.15) is 10.5 Å². The highest BCUT2D eigenvalue weighted by atomic mass is 16.5. The van der Waals surface area contributed by atoms with Crippen molar-refractivity contribution in [3.05, 3.63) is 54.5 Å². The summed E-state index contributed by atoms with van der Waals surface area (Å²) in [5.41, 5.74) is 1.65. The van der Waals surface area contributed by atoms with Crippen LogP contribution in [0, 0.1) is 0 Å². The van der Waals surface area contributed by atoms with Gasteiger partial charge in [-0.2, -0.15) is 5.10 Å². The summed E-state index contributed by atoms with van der Waals surface area (Å²) in [6.07, 6.45) is 3.31. The molecule has 7 nitrogen and oxygen atoms in total. The number of nitrogens with zero attached hydrogens (tertiary/aromatic N) is 4. The van der Waals surface area contributed by atoms with Gasteiger partial charge in [-0.1, -0.05) is 6.07 Å². The van der Waals surface area contributed by atoms with Crippen molar-refractivity contribution in [1.29, 1.82) is 0 Å². The molecule has 0 unspecified atom stereocenters. The number of hydrogen-bond donors (Lipinski definition) is 0. The molecular weight excluding hydrogens is 296 g/mol. The third-order valence-corrected chi connectivity index (χ3v) is 3.21. The summed E-state index contributed by atoms with van der Waals surface area (Å²) in [5.74, 6) is 0.585. The Bertz CT molecular complexity index is 813. The molecule has 3 aromatic rings. The molecule has 0 aliphatic heterocycles. The lowest BCUT2D eigenvalue weighted by Gasteiger charge is -2.06. The van der Waals surface area contributed by atoms with Crippen LogP contribution in [-0.2, 0) is 4.74 Å². The maximum Gasteiger partial charge on any atom is 0.358 e.